The molecule has 0 aromatic heterocycles. The molecule has 3 aliphatic rings. The highest BCUT2D eigenvalue weighted by Crippen LogP contribution is 2.57. The van der Waals surface area contributed by atoms with Crippen LogP contribution >= 0.6 is 24.4 Å². The molecular weight excluding hydrogens is 519 g/mol. The first-order valence-corrected chi connectivity index (χ1v) is 15.7. The highest BCUT2D eigenvalue weighted by molar-refractivity contribution is 7.57. The lowest BCUT2D eigenvalue weighted by atomic mass is 10.1. The third-order valence-corrected chi connectivity index (χ3v) is 11.0. The molecule has 0 aliphatic carbocycles. The van der Waals surface area contributed by atoms with Gasteiger partial charge in [-0.3, -0.25) is 13.7 Å². The molecule has 0 aromatic rings. The SMILES string of the molecule is C[C@H]1CN(C)C[C@@H](CO[PH](=O)N2CCO[C@H](COP(=O)(C3CCO[C@H](COP=O)C3)N(C)C)C2)O1. The first-order chi connectivity index (χ1) is 16.7. The number of likely N-dealkylation sites (N-methyl/N-ethyl adjacent to an activating group) is 1. The number of nitrogens with zero attached hydrogens (tertiary/aromatic N) is 3. The molecule has 0 spiro atoms. The summed E-state index contributed by atoms with van der Waals surface area (Å²) in [7, 11) is -0.525. The summed E-state index contributed by atoms with van der Waals surface area (Å²) < 4.78 is 74.7. The minimum absolute atomic E-state index is 0.106. The predicted octanol–water partition coefficient (Wildman–Crippen LogP) is 2.35. The maximum absolute atomic E-state index is 13.9. The summed E-state index contributed by atoms with van der Waals surface area (Å²) in [5.74, 6) is 0. The minimum atomic E-state index is -3.19. The van der Waals surface area contributed by atoms with Gasteiger partial charge in [0.15, 0.2) is 0 Å². The molecule has 0 N–H and O–H groups in total. The molecule has 3 heterocycles. The van der Waals surface area contributed by atoms with Gasteiger partial charge >= 0.3 is 8.69 Å². The van der Waals surface area contributed by atoms with Gasteiger partial charge in [0, 0.05) is 32.8 Å². The van der Waals surface area contributed by atoms with E-state index in [0.29, 0.717) is 39.1 Å². The molecule has 35 heavy (non-hydrogen) atoms. The summed E-state index contributed by atoms with van der Waals surface area (Å²) in [6.45, 7) is 5.91. The molecule has 3 rings (SSSR count). The molecule has 204 valence electrons. The highest BCUT2D eigenvalue weighted by atomic mass is 31.2. The van der Waals surface area contributed by atoms with Gasteiger partial charge in [0.2, 0.25) is 0 Å². The molecular formula is C20H40N3O9P3. The van der Waals surface area contributed by atoms with Crippen LogP contribution in [0, 0.1) is 0 Å². The van der Waals surface area contributed by atoms with E-state index in [1.807, 2.05) is 14.0 Å². The average molecular weight is 559 g/mol. The summed E-state index contributed by atoms with van der Waals surface area (Å²) in [5.41, 5.74) is -0.235. The van der Waals surface area contributed by atoms with Gasteiger partial charge in [-0.2, -0.15) is 0 Å². The Morgan fingerprint density at radius 1 is 1.09 bits per heavy atom. The van der Waals surface area contributed by atoms with Gasteiger partial charge in [-0.25, -0.2) is 13.9 Å². The zero-order valence-electron chi connectivity index (χ0n) is 21.1. The van der Waals surface area contributed by atoms with Gasteiger partial charge < -0.3 is 28.2 Å². The Morgan fingerprint density at radius 3 is 2.57 bits per heavy atom. The van der Waals surface area contributed by atoms with Crippen LogP contribution in [0.1, 0.15) is 19.8 Å². The molecule has 3 fully saturated rings. The van der Waals surface area contributed by atoms with E-state index in [1.54, 1.807) is 23.4 Å². The van der Waals surface area contributed by atoms with Crippen LogP contribution in [-0.2, 0) is 41.5 Å². The van der Waals surface area contributed by atoms with Crippen LogP contribution in [0.5, 0.6) is 0 Å². The van der Waals surface area contributed by atoms with Crippen molar-refractivity contribution < 1.29 is 41.5 Å². The van der Waals surface area contributed by atoms with Crippen LogP contribution in [0.4, 0.5) is 0 Å². The number of rotatable bonds is 12. The van der Waals surface area contributed by atoms with Crippen LogP contribution in [-0.4, -0.2) is 125 Å². The second kappa shape index (κ2) is 14.4. The largest absolute Gasteiger partial charge is 0.376 e. The highest BCUT2D eigenvalue weighted by Gasteiger charge is 2.41. The van der Waals surface area contributed by atoms with Crippen molar-refractivity contribution in [3.8, 4) is 0 Å². The summed E-state index contributed by atoms with van der Waals surface area (Å²) in [5, 5.41) is 0. The molecule has 7 atom stereocenters. The van der Waals surface area contributed by atoms with E-state index in [4.69, 9.17) is 27.8 Å². The Labute approximate surface area is 210 Å². The summed E-state index contributed by atoms with van der Waals surface area (Å²) in [4.78, 5) is 2.18. The molecule has 0 saturated carbocycles. The maximum atomic E-state index is 13.9. The van der Waals surface area contributed by atoms with Crippen LogP contribution in [0.25, 0.3) is 0 Å². The minimum Gasteiger partial charge on any atom is -0.376 e. The quantitative estimate of drug-likeness (QED) is 0.327. The summed E-state index contributed by atoms with van der Waals surface area (Å²) in [6, 6.07) is 0. The molecule has 3 saturated heterocycles. The fourth-order valence-corrected chi connectivity index (χ4v) is 8.51. The van der Waals surface area contributed by atoms with E-state index < -0.39 is 24.4 Å². The van der Waals surface area contributed by atoms with Crippen LogP contribution in [0.15, 0.2) is 0 Å². The van der Waals surface area contributed by atoms with Crippen LogP contribution in [0.3, 0.4) is 0 Å². The molecule has 3 aliphatic heterocycles. The number of ether oxygens (including phenoxy) is 3. The lowest BCUT2D eigenvalue weighted by Gasteiger charge is -2.38. The molecule has 0 amide bonds. The van der Waals surface area contributed by atoms with Gasteiger partial charge in [0.25, 0.3) is 15.7 Å². The van der Waals surface area contributed by atoms with Crippen LogP contribution in [0.2, 0.25) is 0 Å². The lowest BCUT2D eigenvalue weighted by molar-refractivity contribution is -0.0857. The van der Waals surface area contributed by atoms with Crippen molar-refractivity contribution in [2.45, 2.75) is 49.8 Å². The van der Waals surface area contributed by atoms with Gasteiger partial charge in [-0.15, -0.1) is 0 Å². The Bertz CT molecular complexity index is 740. The zero-order chi connectivity index (χ0) is 25.4. The van der Waals surface area contributed by atoms with E-state index in [9.17, 15) is 13.7 Å². The number of hydrogen-bond acceptors (Lipinski definition) is 10. The molecule has 0 bridgehead atoms. The third-order valence-electron chi connectivity index (χ3n) is 6.42. The molecule has 12 nitrogen and oxygen atoms in total. The Balaban J connectivity index is 1.49. The smallest absolute Gasteiger partial charge is 0.327 e. The normalized spacial score (nSPS) is 34.1. The zero-order valence-corrected chi connectivity index (χ0v) is 23.9. The second-order valence-electron chi connectivity index (χ2n) is 9.55. The van der Waals surface area contributed by atoms with Crippen molar-refractivity contribution in [2.75, 3.05) is 80.4 Å². The van der Waals surface area contributed by atoms with Crippen molar-refractivity contribution in [1.82, 2.24) is 14.2 Å². The fourth-order valence-electron chi connectivity index (χ4n) is 4.73. The molecule has 0 radical (unpaired) electrons. The topological polar surface area (TPSA) is 116 Å². The Morgan fingerprint density at radius 2 is 1.86 bits per heavy atom. The lowest BCUT2D eigenvalue weighted by Crippen LogP contribution is -2.46. The van der Waals surface area contributed by atoms with Gasteiger partial charge in [-0.1, -0.05) is 0 Å². The van der Waals surface area contributed by atoms with Gasteiger partial charge in [0.05, 0.1) is 56.5 Å². The standard InChI is InChI=1S/C20H40N3O9P3/c1-16-10-22(4)11-19(32-16)14-30-34(25)23-6-8-28-18(12-23)15-31-35(26,21(2)3)20-5-7-27-17(9-20)13-29-33-24/h16-20,34H,5-15H2,1-4H3/t16-,17-,18-,19-,20?,35?/m0/s1. The van der Waals surface area contributed by atoms with Crippen molar-refractivity contribution in [3.05, 3.63) is 0 Å². The van der Waals surface area contributed by atoms with E-state index in [2.05, 4.69) is 4.90 Å². The third kappa shape index (κ3) is 8.88. The summed E-state index contributed by atoms with van der Waals surface area (Å²) in [6.07, 6.45) is 0.438. The van der Waals surface area contributed by atoms with Crippen molar-refractivity contribution in [1.29, 1.82) is 0 Å². The first kappa shape index (κ1) is 29.8. The number of hydrogen-bond donors (Lipinski definition) is 0. The van der Waals surface area contributed by atoms with E-state index >= 15 is 0 Å². The van der Waals surface area contributed by atoms with E-state index in [1.165, 1.54) is 0 Å². The molecule has 3 unspecified atom stereocenters. The van der Waals surface area contributed by atoms with E-state index in [0.717, 1.165) is 13.1 Å². The van der Waals surface area contributed by atoms with Crippen molar-refractivity contribution in [2.24, 2.45) is 0 Å². The molecule has 15 heteroatoms. The Kier molecular flexibility index (Phi) is 12.2. The maximum Gasteiger partial charge on any atom is 0.327 e. The second-order valence-corrected chi connectivity index (χ2v) is 14.3. The van der Waals surface area contributed by atoms with E-state index in [-0.39, 0.29) is 49.9 Å². The van der Waals surface area contributed by atoms with Gasteiger partial charge in [0.1, 0.15) is 0 Å². The summed E-state index contributed by atoms with van der Waals surface area (Å²) >= 11 is 0. The monoisotopic (exact) mass is 559 g/mol. The number of morpholine rings is 2. The predicted molar refractivity (Wildman–Crippen MR) is 132 cm³/mol. The molecule has 0 aromatic carbocycles. The fraction of sp³-hybridized carbons (Fsp3) is 1.00. The Hall–Kier alpha value is 0.200. The van der Waals surface area contributed by atoms with Gasteiger partial charge in [-0.05, 0) is 40.9 Å². The van der Waals surface area contributed by atoms with Crippen molar-refractivity contribution in [3.63, 3.8) is 0 Å². The first-order valence-electron chi connectivity index (χ1n) is 12.1. The average Bonchev–Trinajstić information content (AvgIpc) is 2.84. The van der Waals surface area contributed by atoms with Crippen molar-refractivity contribution >= 4 is 24.4 Å². The van der Waals surface area contributed by atoms with Crippen LogP contribution < -0.4 is 0 Å².